The Balaban J connectivity index is 0.000000980. The van der Waals surface area contributed by atoms with E-state index < -0.39 is 0 Å². The van der Waals surface area contributed by atoms with Gasteiger partial charge in [-0.1, -0.05) is 36.4 Å². The van der Waals surface area contributed by atoms with E-state index in [4.69, 9.17) is 0 Å². The van der Waals surface area contributed by atoms with Gasteiger partial charge < -0.3 is 0 Å². The quantitative estimate of drug-likeness (QED) is 0.637. The van der Waals surface area contributed by atoms with Crippen molar-refractivity contribution in [1.29, 1.82) is 0 Å². The average molecular weight is 434 g/mol. The summed E-state index contributed by atoms with van der Waals surface area (Å²) in [5.41, 5.74) is 2.49. The number of hydrogen-bond acceptors (Lipinski definition) is 0. The molecule has 0 nitrogen and oxygen atoms in total. The number of benzene rings is 2. The van der Waals surface area contributed by atoms with Gasteiger partial charge in [0.05, 0.1) is 0 Å². The molecule has 2 rings (SSSR count). The maximum atomic E-state index is 2.17. The minimum atomic E-state index is 0. The smallest absolute Gasteiger partial charge is 0 e. The maximum Gasteiger partial charge on any atom is 0 e. The molecule has 14 heavy (non-hydrogen) atoms. The molecule has 0 saturated carbocycles. The van der Waals surface area contributed by atoms with Gasteiger partial charge >= 0.3 is 0 Å². The molecule has 1 heteroatoms. The van der Waals surface area contributed by atoms with Crippen LogP contribution in [-0.2, 0) is 0 Å². The van der Waals surface area contributed by atoms with Crippen molar-refractivity contribution in [2.45, 2.75) is 0 Å². The van der Waals surface area contributed by atoms with Gasteiger partial charge in [-0.15, -0.1) is 41.8 Å². The first kappa shape index (κ1) is 9.40. The van der Waals surface area contributed by atoms with E-state index in [0.29, 0.717) is 0 Å². The van der Waals surface area contributed by atoms with E-state index in [-0.39, 0.29) is 0 Å². The second-order valence-corrected chi connectivity index (χ2v) is 2.97. The van der Waals surface area contributed by atoms with Crippen LogP contribution in [0.5, 0.6) is 0 Å². The zero-order valence-electron chi connectivity index (χ0n) is 8.06. The summed E-state index contributed by atoms with van der Waals surface area (Å²) >= 11 is 0. The summed E-state index contributed by atoms with van der Waals surface area (Å²) in [5, 5.41) is 0. The molecule has 0 amide bonds. The van der Waals surface area contributed by atoms with E-state index in [2.05, 4.69) is 55.0 Å². The largest absolute Gasteiger partial charge is 0.126 e. The van der Waals surface area contributed by atoms with Crippen LogP contribution < -0.4 is 0 Å². The monoisotopic (exact) mass is 434 g/mol. The van der Waals surface area contributed by atoms with Gasteiger partial charge in [-0.05, 0) is 0 Å². The van der Waals surface area contributed by atoms with Crippen molar-refractivity contribution in [2.24, 2.45) is 0 Å². The summed E-state index contributed by atoms with van der Waals surface area (Å²) < 4.78 is 0. The molecule has 0 heterocycles. The number of hydrogen-bond donors (Lipinski definition) is 0. The third kappa shape index (κ3) is 2.15. The molecule has 66 valence electrons. The van der Waals surface area contributed by atoms with E-state index in [1.807, 2.05) is 12.1 Å². The first-order chi connectivity index (χ1) is 6.45. The van der Waals surface area contributed by atoms with E-state index in [1.54, 1.807) is 0 Å². The fourth-order valence-electron chi connectivity index (χ4n) is 1.29. The molecule has 0 radical (unpaired) electrons. The molecule has 0 spiro atoms. The minimum absolute atomic E-state index is 0. The van der Waals surface area contributed by atoms with Crippen molar-refractivity contribution in [3.05, 3.63) is 78.2 Å². The Hall–Kier alpha value is -2.69. The Morgan fingerprint density at radius 2 is 0.929 bits per heavy atom. The van der Waals surface area contributed by atoms with E-state index in [9.17, 15) is 0 Å². The SMILES string of the molecule is [Rf].c1ccc([CH-]c2ccccc2)cc1. The Kier molecular flexibility index (Phi) is 2.93. The summed E-state index contributed by atoms with van der Waals surface area (Å²) in [7, 11) is 0. The van der Waals surface area contributed by atoms with Crippen molar-refractivity contribution in [2.75, 3.05) is 0 Å². The topological polar surface area (TPSA) is 0 Å². The van der Waals surface area contributed by atoms with Crippen LogP contribution in [-0.4, -0.2) is 0 Å². The third-order valence-corrected chi connectivity index (χ3v) is 1.93. The zero-order chi connectivity index (χ0) is 8.93. The Labute approximate surface area is 78.9 Å². The van der Waals surface area contributed by atoms with Gasteiger partial charge in [0.15, 0.2) is 0 Å². The van der Waals surface area contributed by atoms with Gasteiger partial charge in [-0.2, -0.15) is 0 Å². The average Bonchev–Trinajstić information content (AvgIpc) is 2.21. The van der Waals surface area contributed by atoms with E-state index in [1.165, 1.54) is 11.1 Å². The molecule has 0 atom stereocenters. The molecule has 0 aliphatic rings. The first-order valence-corrected chi connectivity index (χ1v) is 4.40. The second kappa shape index (κ2) is 4.36. The summed E-state index contributed by atoms with van der Waals surface area (Å²) in [6.45, 7) is 0. The predicted molar refractivity (Wildman–Crippen MR) is 55.4 cm³/mol. The van der Waals surface area contributed by atoms with Gasteiger partial charge in [0.2, 0.25) is 0 Å². The van der Waals surface area contributed by atoms with Crippen molar-refractivity contribution in [3.8, 4) is 0 Å². The molecule has 0 bridgehead atoms. The van der Waals surface area contributed by atoms with Crippen LogP contribution in [0, 0.1) is 6.42 Å². The summed E-state index contributed by atoms with van der Waals surface area (Å²) in [6.07, 6.45) is 2.17. The predicted octanol–water partition coefficient (Wildman–Crippen LogP) is 3.29. The van der Waals surface area contributed by atoms with E-state index >= 15 is 0 Å². The molecular formula is C13H11Rf-. The first-order valence-electron chi connectivity index (χ1n) is 4.40. The molecule has 2 aromatic rings. The van der Waals surface area contributed by atoms with Gasteiger partial charge in [0, 0.05) is 0 Å². The molecule has 0 saturated heterocycles. The van der Waals surface area contributed by atoms with Crippen molar-refractivity contribution in [1.82, 2.24) is 0 Å². The zero-order valence-corrected chi connectivity index (χ0v) is 14.5. The summed E-state index contributed by atoms with van der Waals surface area (Å²) in [6, 6.07) is 20.7. The van der Waals surface area contributed by atoms with Crippen molar-refractivity contribution < 1.29 is 0 Å². The van der Waals surface area contributed by atoms with Crippen LogP contribution in [0.25, 0.3) is 0 Å². The molecule has 0 aliphatic carbocycles. The summed E-state index contributed by atoms with van der Waals surface area (Å²) in [4.78, 5) is 0. The minimum Gasteiger partial charge on any atom is -0.126 e. The fourth-order valence-corrected chi connectivity index (χ4v) is 1.29. The van der Waals surface area contributed by atoms with Crippen LogP contribution >= 0.6 is 0 Å². The van der Waals surface area contributed by atoms with Gasteiger partial charge in [-0.3, -0.25) is 0 Å². The van der Waals surface area contributed by atoms with Crippen LogP contribution in [0.2, 0.25) is 0 Å². The van der Waals surface area contributed by atoms with E-state index in [0.717, 1.165) is 0 Å². The summed E-state index contributed by atoms with van der Waals surface area (Å²) in [5.74, 6) is 0. The molecule has 0 fully saturated rings. The van der Waals surface area contributed by atoms with Crippen LogP contribution in [0.15, 0.2) is 60.7 Å². The van der Waals surface area contributed by atoms with Crippen LogP contribution in [0.3, 0.4) is 0 Å². The van der Waals surface area contributed by atoms with Gasteiger partial charge in [-0.25, -0.2) is 0 Å². The molecular weight excluding hydrogens is 423 g/mol. The Morgan fingerprint density at radius 3 is 1.29 bits per heavy atom. The van der Waals surface area contributed by atoms with Crippen LogP contribution in [0.1, 0.15) is 11.1 Å². The van der Waals surface area contributed by atoms with Gasteiger partial charge in [0.1, 0.15) is 0 Å². The molecule has 2 aromatic carbocycles. The standard InChI is InChI=1S/C13H11.Rf/c1-3-7-12(8-4-1)11-13-9-5-2-6-10-13;/h1-11H;/q-1;. The van der Waals surface area contributed by atoms with Crippen molar-refractivity contribution in [3.63, 3.8) is 0 Å². The van der Waals surface area contributed by atoms with Crippen molar-refractivity contribution >= 4 is 0 Å². The third-order valence-electron chi connectivity index (χ3n) is 1.93. The van der Waals surface area contributed by atoms with Gasteiger partial charge in [0.25, 0.3) is 0 Å². The molecule has 0 unspecified atom stereocenters. The maximum absolute atomic E-state index is 2.17. The molecule has 0 aliphatic heterocycles. The molecule has 0 aromatic heterocycles. The Bertz CT molecular complexity index is 316. The Morgan fingerprint density at radius 1 is 0.571 bits per heavy atom. The number of rotatable bonds is 2. The fraction of sp³-hybridized carbons (Fsp3) is 0. The normalized spacial score (nSPS) is 8.86. The van der Waals surface area contributed by atoms with Crippen LogP contribution in [0.4, 0.5) is 0 Å². The second-order valence-electron chi connectivity index (χ2n) is 2.97. The molecule has 0 N–H and O–H groups in total.